The first kappa shape index (κ1) is 12.9. The van der Waals surface area contributed by atoms with Crippen LogP contribution in [0.25, 0.3) is 0 Å². The summed E-state index contributed by atoms with van der Waals surface area (Å²) in [7, 11) is 0. The molecule has 0 radical (unpaired) electrons. The quantitative estimate of drug-likeness (QED) is 0.821. The SMILES string of the molecule is Nc1ccc(C(=O)Nc2ccc(F)c(F)c2)c(F)c1. The van der Waals surface area contributed by atoms with Crippen LogP contribution in [-0.2, 0) is 0 Å². The number of nitrogens with two attached hydrogens (primary N) is 1. The number of anilines is 2. The fraction of sp³-hybridized carbons (Fsp3) is 0. The predicted octanol–water partition coefficient (Wildman–Crippen LogP) is 2.94. The van der Waals surface area contributed by atoms with Crippen LogP contribution in [0, 0.1) is 17.5 Å². The van der Waals surface area contributed by atoms with Crippen molar-refractivity contribution in [2.75, 3.05) is 11.1 Å². The molecule has 2 rings (SSSR count). The zero-order valence-electron chi connectivity index (χ0n) is 9.58. The molecular weight excluding hydrogens is 257 g/mol. The minimum atomic E-state index is -1.10. The average Bonchev–Trinajstić information content (AvgIpc) is 2.33. The number of halogens is 3. The van der Waals surface area contributed by atoms with Gasteiger partial charge in [-0.25, -0.2) is 13.2 Å². The van der Waals surface area contributed by atoms with Crippen LogP contribution >= 0.6 is 0 Å². The van der Waals surface area contributed by atoms with E-state index >= 15 is 0 Å². The molecule has 0 atom stereocenters. The Balaban J connectivity index is 2.23. The molecule has 0 saturated heterocycles. The summed E-state index contributed by atoms with van der Waals surface area (Å²) in [5.74, 6) is -3.70. The van der Waals surface area contributed by atoms with E-state index in [0.29, 0.717) is 0 Å². The van der Waals surface area contributed by atoms with Crippen LogP contribution in [0.5, 0.6) is 0 Å². The van der Waals surface area contributed by atoms with Crippen LogP contribution in [0.2, 0.25) is 0 Å². The zero-order chi connectivity index (χ0) is 14.0. The predicted molar refractivity (Wildman–Crippen MR) is 65.1 cm³/mol. The molecule has 0 aliphatic rings. The molecule has 0 heterocycles. The van der Waals surface area contributed by atoms with E-state index in [4.69, 9.17) is 5.73 Å². The van der Waals surface area contributed by atoms with E-state index in [-0.39, 0.29) is 16.9 Å². The van der Waals surface area contributed by atoms with Crippen molar-refractivity contribution >= 4 is 17.3 Å². The van der Waals surface area contributed by atoms with E-state index in [1.165, 1.54) is 18.2 Å². The third-order valence-electron chi connectivity index (χ3n) is 2.42. The normalized spacial score (nSPS) is 10.3. The Labute approximate surface area is 106 Å². The summed E-state index contributed by atoms with van der Waals surface area (Å²) in [5.41, 5.74) is 5.33. The molecule has 6 heteroatoms. The highest BCUT2D eigenvalue weighted by Crippen LogP contribution is 2.16. The Morgan fingerprint density at radius 2 is 1.68 bits per heavy atom. The fourth-order valence-corrected chi connectivity index (χ4v) is 1.49. The summed E-state index contributed by atoms with van der Waals surface area (Å²) in [5, 5.41) is 2.26. The van der Waals surface area contributed by atoms with Gasteiger partial charge in [-0.05, 0) is 30.3 Å². The maximum atomic E-state index is 13.5. The first-order chi connectivity index (χ1) is 8.97. The Bertz CT molecular complexity index is 644. The van der Waals surface area contributed by atoms with Gasteiger partial charge in [0, 0.05) is 17.4 Å². The lowest BCUT2D eigenvalue weighted by molar-refractivity contribution is 0.102. The minimum Gasteiger partial charge on any atom is -0.399 e. The number of hydrogen-bond donors (Lipinski definition) is 2. The van der Waals surface area contributed by atoms with Gasteiger partial charge >= 0.3 is 0 Å². The van der Waals surface area contributed by atoms with Crippen LogP contribution in [0.4, 0.5) is 24.5 Å². The number of rotatable bonds is 2. The monoisotopic (exact) mass is 266 g/mol. The average molecular weight is 266 g/mol. The highest BCUT2D eigenvalue weighted by atomic mass is 19.2. The molecule has 0 aromatic heterocycles. The highest BCUT2D eigenvalue weighted by Gasteiger charge is 2.13. The maximum Gasteiger partial charge on any atom is 0.258 e. The van der Waals surface area contributed by atoms with Gasteiger partial charge in [-0.2, -0.15) is 0 Å². The molecule has 2 aromatic carbocycles. The van der Waals surface area contributed by atoms with E-state index in [1.54, 1.807) is 0 Å². The first-order valence-electron chi connectivity index (χ1n) is 5.29. The second-order valence-electron chi connectivity index (χ2n) is 3.82. The van der Waals surface area contributed by atoms with Crippen molar-refractivity contribution in [2.24, 2.45) is 0 Å². The van der Waals surface area contributed by atoms with Crippen molar-refractivity contribution < 1.29 is 18.0 Å². The van der Waals surface area contributed by atoms with Crippen LogP contribution in [0.15, 0.2) is 36.4 Å². The Morgan fingerprint density at radius 1 is 0.947 bits per heavy atom. The number of carbonyl (C=O) groups excluding carboxylic acids is 1. The smallest absolute Gasteiger partial charge is 0.258 e. The summed E-state index contributed by atoms with van der Waals surface area (Å²) < 4.78 is 39.1. The first-order valence-corrected chi connectivity index (χ1v) is 5.29. The molecule has 0 saturated carbocycles. The molecule has 3 nitrogen and oxygen atoms in total. The van der Waals surface area contributed by atoms with E-state index in [1.807, 2.05) is 0 Å². The van der Waals surface area contributed by atoms with Gasteiger partial charge in [0.1, 0.15) is 5.82 Å². The van der Waals surface area contributed by atoms with Gasteiger partial charge in [0.2, 0.25) is 0 Å². The van der Waals surface area contributed by atoms with Crippen molar-refractivity contribution in [2.45, 2.75) is 0 Å². The standard InChI is InChI=1S/C13H9F3N2O/c14-10-4-2-8(6-12(10)16)18-13(19)9-3-1-7(17)5-11(9)15/h1-6H,17H2,(H,18,19). The number of amides is 1. The van der Waals surface area contributed by atoms with E-state index < -0.39 is 23.4 Å². The molecule has 2 aromatic rings. The number of benzene rings is 2. The summed E-state index contributed by atoms with van der Waals surface area (Å²) in [6.45, 7) is 0. The highest BCUT2D eigenvalue weighted by molar-refractivity contribution is 6.04. The maximum absolute atomic E-state index is 13.5. The lowest BCUT2D eigenvalue weighted by atomic mass is 10.1. The van der Waals surface area contributed by atoms with Gasteiger partial charge < -0.3 is 11.1 Å². The van der Waals surface area contributed by atoms with Crippen molar-refractivity contribution in [1.82, 2.24) is 0 Å². The number of nitrogen functional groups attached to an aromatic ring is 1. The third-order valence-corrected chi connectivity index (χ3v) is 2.42. The second-order valence-corrected chi connectivity index (χ2v) is 3.82. The van der Waals surface area contributed by atoms with Crippen molar-refractivity contribution in [1.29, 1.82) is 0 Å². The molecular formula is C13H9F3N2O. The number of nitrogens with one attached hydrogen (secondary N) is 1. The molecule has 0 aliphatic heterocycles. The molecule has 0 unspecified atom stereocenters. The topological polar surface area (TPSA) is 55.1 Å². The van der Waals surface area contributed by atoms with Crippen LogP contribution in [0.1, 0.15) is 10.4 Å². The summed E-state index contributed by atoms with van der Waals surface area (Å²) >= 11 is 0. The lowest BCUT2D eigenvalue weighted by Gasteiger charge is -2.07. The van der Waals surface area contributed by atoms with Gasteiger partial charge in [0.15, 0.2) is 11.6 Å². The van der Waals surface area contributed by atoms with Crippen LogP contribution in [0.3, 0.4) is 0 Å². The second kappa shape index (κ2) is 5.01. The Kier molecular flexibility index (Phi) is 3.41. The van der Waals surface area contributed by atoms with Crippen LogP contribution < -0.4 is 11.1 Å². The zero-order valence-corrected chi connectivity index (χ0v) is 9.58. The minimum absolute atomic E-state index is 0.0279. The summed E-state index contributed by atoms with van der Waals surface area (Å²) in [6.07, 6.45) is 0. The summed E-state index contributed by atoms with van der Waals surface area (Å²) in [4.78, 5) is 11.7. The van der Waals surface area contributed by atoms with Crippen molar-refractivity contribution in [3.8, 4) is 0 Å². The number of hydrogen-bond acceptors (Lipinski definition) is 2. The summed E-state index contributed by atoms with van der Waals surface area (Å²) in [6, 6.07) is 6.42. The Hall–Kier alpha value is -2.50. The van der Waals surface area contributed by atoms with Crippen molar-refractivity contribution in [3.63, 3.8) is 0 Å². The largest absolute Gasteiger partial charge is 0.399 e. The van der Waals surface area contributed by atoms with E-state index in [9.17, 15) is 18.0 Å². The molecule has 19 heavy (non-hydrogen) atoms. The molecule has 3 N–H and O–H groups in total. The fourth-order valence-electron chi connectivity index (χ4n) is 1.49. The number of carbonyl (C=O) groups is 1. The van der Waals surface area contributed by atoms with Gasteiger partial charge in [0.25, 0.3) is 5.91 Å². The molecule has 1 amide bonds. The van der Waals surface area contributed by atoms with Crippen molar-refractivity contribution in [3.05, 3.63) is 59.4 Å². The van der Waals surface area contributed by atoms with E-state index in [2.05, 4.69) is 5.32 Å². The molecule has 98 valence electrons. The van der Waals surface area contributed by atoms with Crippen LogP contribution in [-0.4, -0.2) is 5.91 Å². The molecule has 0 spiro atoms. The van der Waals surface area contributed by atoms with Gasteiger partial charge in [-0.3, -0.25) is 4.79 Å². The van der Waals surface area contributed by atoms with Gasteiger partial charge in [-0.15, -0.1) is 0 Å². The molecule has 0 aliphatic carbocycles. The van der Waals surface area contributed by atoms with E-state index in [0.717, 1.165) is 18.2 Å². The third kappa shape index (κ3) is 2.85. The molecule has 0 fully saturated rings. The van der Waals surface area contributed by atoms with Gasteiger partial charge in [-0.1, -0.05) is 0 Å². The van der Waals surface area contributed by atoms with Gasteiger partial charge in [0.05, 0.1) is 5.56 Å². The lowest BCUT2D eigenvalue weighted by Crippen LogP contribution is -2.14. The molecule has 0 bridgehead atoms. The Morgan fingerprint density at radius 3 is 2.32 bits per heavy atom.